The zero-order valence-corrected chi connectivity index (χ0v) is 12.1. The van der Waals surface area contributed by atoms with Crippen LogP contribution in [0, 0.1) is 12.8 Å². The Balaban J connectivity index is 2.90. The van der Waals surface area contributed by atoms with Crippen LogP contribution in [0.25, 0.3) is 0 Å². The summed E-state index contributed by atoms with van der Waals surface area (Å²) in [6.07, 6.45) is 0. The number of carbonyl (C=O) groups is 1. The molecule has 1 rings (SSSR count). The molecule has 0 heterocycles. The molecule has 0 aliphatic carbocycles. The Kier molecular flexibility index (Phi) is 5.09. The minimum atomic E-state index is -0.228. The lowest BCUT2D eigenvalue weighted by molar-refractivity contribution is -0.118. The Hall–Kier alpha value is -0.250. The number of rotatable bonds is 3. The van der Waals surface area contributed by atoms with E-state index in [4.69, 9.17) is 23.2 Å². The molecular formula is C11H12BrCl2NO. The van der Waals surface area contributed by atoms with Crippen LogP contribution in [0.2, 0.25) is 5.02 Å². The predicted molar refractivity (Wildman–Crippen MR) is 72.4 cm³/mol. The maximum absolute atomic E-state index is 11.6. The normalized spacial score (nSPS) is 12.3. The summed E-state index contributed by atoms with van der Waals surface area (Å²) in [6, 6.07) is 3.59. The summed E-state index contributed by atoms with van der Waals surface area (Å²) in [5.74, 6) is -0.0486. The highest BCUT2D eigenvalue weighted by Gasteiger charge is 2.13. The van der Waals surface area contributed by atoms with Crippen molar-refractivity contribution in [2.45, 2.75) is 13.8 Å². The van der Waals surface area contributed by atoms with Crippen LogP contribution >= 0.6 is 39.1 Å². The summed E-state index contributed by atoms with van der Waals surface area (Å²) in [6.45, 7) is 3.67. The molecule has 1 aromatic rings. The molecule has 0 saturated carbocycles. The second kappa shape index (κ2) is 5.89. The lowest BCUT2D eigenvalue weighted by Gasteiger charge is -2.12. The first-order valence-corrected chi connectivity index (χ1v) is 6.48. The van der Waals surface area contributed by atoms with E-state index >= 15 is 0 Å². The van der Waals surface area contributed by atoms with E-state index < -0.39 is 0 Å². The van der Waals surface area contributed by atoms with Gasteiger partial charge in [-0.05, 0) is 40.5 Å². The number of hydrogen-bond acceptors (Lipinski definition) is 1. The van der Waals surface area contributed by atoms with Gasteiger partial charge >= 0.3 is 0 Å². The summed E-state index contributed by atoms with van der Waals surface area (Å²) < 4.78 is 0.810. The maximum atomic E-state index is 11.6. The third-order valence-electron chi connectivity index (χ3n) is 2.19. The van der Waals surface area contributed by atoms with E-state index in [1.165, 1.54) is 0 Å². The lowest BCUT2D eigenvalue weighted by atomic mass is 10.2. The van der Waals surface area contributed by atoms with Crippen molar-refractivity contribution in [3.8, 4) is 0 Å². The largest absolute Gasteiger partial charge is 0.325 e. The van der Waals surface area contributed by atoms with Crippen molar-refractivity contribution < 1.29 is 4.79 Å². The van der Waals surface area contributed by atoms with E-state index in [-0.39, 0.29) is 11.8 Å². The molecule has 1 atom stereocenters. The van der Waals surface area contributed by atoms with Crippen molar-refractivity contribution in [2.24, 2.45) is 5.92 Å². The van der Waals surface area contributed by atoms with Gasteiger partial charge in [0.05, 0.1) is 5.69 Å². The number of aryl methyl sites for hydroxylation is 1. The quantitative estimate of drug-likeness (QED) is 0.828. The molecule has 1 unspecified atom stereocenters. The second-order valence-corrected chi connectivity index (χ2v) is 5.20. The van der Waals surface area contributed by atoms with E-state index in [9.17, 15) is 4.79 Å². The molecule has 0 bridgehead atoms. The summed E-state index contributed by atoms with van der Waals surface area (Å²) in [4.78, 5) is 11.6. The van der Waals surface area contributed by atoms with Gasteiger partial charge in [0.25, 0.3) is 0 Å². The first-order valence-electron chi connectivity index (χ1n) is 4.78. The molecule has 0 aromatic heterocycles. The van der Waals surface area contributed by atoms with E-state index in [0.29, 0.717) is 16.6 Å². The van der Waals surface area contributed by atoms with Gasteiger partial charge in [-0.3, -0.25) is 4.79 Å². The molecule has 1 N–H and O–H groups in total. The number of anilines is 1. The van der Waals surface area contributed by atoms with Crippen LogP contribution < -0.4 is 5.32 Å². The van der Waals surface area contributed by atoms with E-state index in [1.54, 1.807) is 13.0 Å². The zero-order valence-electron chi connectivity index (χ0n) is 8.98. The van der Waals surface area contributed by atoms with Crippen LogP contribution in [-0.2, 0) is 4.79 Å². The molecule has 16 heavy (non-hydrogen) atoms. The molecule has 2 nitrogen and oxygen atoms in total. The Morgan fingerprint density at radius 3 is 2.75 bits per heavy atom. The fraction of sp³-hybridized carbons (Fsp3) is 0.364. The average molecular weight is 325 g/mol. The average Bonchev–Trinajstić information content (AvgIpc) is 2.24. The van der Waals surface area contributed by atoms with Crippen LogP contribution in [0.15, 0.2) is 16.6 Å². The molecule has 0 saturated heterocycles. The van der Waals surface area contributed by atoms with Crippen molar-refractivity contribution in [3.05, 3.63) is 27.2 Å². The van der Waals surface area contributed by atoms with E-state index in [0.717, 1.165) is 10.0 Å². The van der Waals surface area contributed by atoms with Gasteiger partial charge < -0.3 is 5.32 Å². The number of halogens is 3. The SMILES string of the molecule is Cc1cc(Br)c(NC(=O)C(C)CCl)cc1Cl. The Morgan fingerprint density at radius 1 is 1.56 bits per heavy atom. The van der Waals surface area contributed by atoms with Crippen molar-refractivity contribution in [1.29, 1.82) is 0 Å². The summed E-state index contributed by atoms with van der Waals surface area (Å²) in [5.41, 5.74) is 1.62. The van der Waals surface area contributed by atoms with Gasteiger partial charge in [0.15, 0.2) is 0 Å². The number of hydrogen-bond donors (Lipinski definition) is 1. The highest BCUT2D eigenvalue weighted by atomic mass is 79.9. The van der Waals surface area contributed by atoms with Gasteiger partial charge in [-0.25, -0.2) is 0 Å². The molecule has 0 radical (unpaired) electrons. The third-order valence-corrected chi connectivity index (χ3v) is 3.71. The lowest BCUT2D eigenvalue weighted by Crippen LogP contribution is -2.21. The number of carbonyl (C=O) groups excluding carboxylic acids is 1. The molecule has 0 spiro atoms. The minimum absolute atomic E-state index is 0.115. The smallest absolute Gasteiger partial charge is 0.228 e. The standard InChI is InChI=1S/C11H12BrCl2NO/c1-6-3-8(12)10(4-9(6)14)15-11(16)7(2)5-13/h3-4,7H,5H2,1-2H3,(H,15,16). The second-order valence-electron chi connectivity index (χ2n) is 3.63. The first kappa shape index (κ1) is 13.8. The Labute approximate surface area is 113 Å². The molecule has 0 aliphatic heterocycles. The van der Waals surface area contributed by atoms with Gasteiger partial charge in [0.1, 0.15) is 0 Å². The molecule has 1 amide bonds. The fourth-order valence-corrected chi connectivity index (χ4v) is 1.93. The maximum Gasteiger partial charge on any atom is 0.228 e. The fourth-order valence-electron chi connectivity index (χ4n) is 1.07. The highest BCUT2D eigenvalue weighted by molar-refractivity contribution is 9.10. The van der Waals surface area contributed by atoms with Gasteiger partial charge in [0.2, 0.25) is 5.91 Å². The Morgan fingerprint density at radius 2 is 2.19 bits per heavy atom. The van der Waals surface area contributed by atoms with Crippen molar-refractivity contribution >= 4 is 50.7 Å². The third kappa shape index (κ3) is 3.37. The number of alkyl halides is 1. The van der Waals surface area contributed by atoms with Crippen molar-refractivity contribution in [1.82, 2.24) is 0 Å². The summed E-state index contributed by atoms with van der Waals surface area (Å²) in [5, 5.41) is 3.40. The molecule has 1 aromatic carbocycles. The van der Waals surface area contributed by atoms with Crippen molar-refractivity contribution in [2.75, 3.05) is 11.2 Å². The monoisotopic (exact) mass is 323 g/mol. The van der Waals surface area contributed by atoms with Crippen LogP contribution in [0.1, 0.15) is 12.5 Å². The topological polar surface area (TPSA) is 29.1 Å². The summed E-state index contributed by atoms with van der Waals surface area (Å²) in [7, 11) is 0. The van der Waals surface area contributed by atoms with Gasteiger partial charge in [-0.2, -0.15) is 0 Å². The zero-order chi connectivity index (χ0) is 12.3. The van der Waals surface area contributed by atoms with E-state index in [2.05, 4.69) is 21.2 Å². The van der Waals surface area contributed by atoms with Crippen molar-refractivity contribution in [3.63, 3.8) is 0 Å². The summed E-state index contributed by atoms with van der Waals surface area (Å²) >= 11 is 15.0. The van der Waals surface area contributed by atoms with Gasteiger partial charge in [0, 0.05) is 21.3 Å². The molecule has 0 fully saturated rings. The van der Waals surface area contributed by atoms with Gasteiger partial charge in [-0.1, -0.05) is 18.5 Å². The first-order chi connectivity index (χ1) is 7.45. The Bertz CT molecular complexity index is 409. The molecular weight excluding hydrogens is 313 g/mol. The predicted octanol–water partition coefficient (Wildman–Crippen LogP) is 4.22. The number of benzene rings is 1. The number of nitrogens with one attached hydrogen (secondary N) is 1. The van der Waals surface area contributed by atoms with E-state index in [1.807, 2.05) is 13.0 Å². The molecule has 0 aliphatic rings. The van der Waals surface area contributed by atoms with Crippen LogP contribution in [0.3, 0.4) is 0 Å². The van der Waals surface area contributed by atoms with Crippen LogP contribution in [0.4, 0.5) is 5.69 Å². The molecule has 5 heteroatoms. The highest BCUT2D eigenvalue weighted by Crippen LogP contribution is 2.29. The van der Waals surface area contributed by atoms with Crippen LogP contribution in [-0.4, -0.2) is 11.8 Å². The minimum Gasteiger partial charge on any atom is -0.325 e. The number of amides is 1. The van der Waals surface area contributed by atoms with Gasteiger partial charge in [-0.15, -0.1) is 11.6 Å². The van der Waals surface area contributed by atoms with Crippen LogP contribution in [0.5, 0.6) is 0 Å². The molecule has 88 valence electrons.